The molecule has 1 aliphatic heterocycles. The first-order valence-corrected chi connectivity index (χ1v) is 22.0. The number of nitrogens with zero attached hydrogens (tertiary/aromatic N) is 4. The van der Waals surface area contributed by atoms with Crippen LogP contribution in [0, 0.1) is 34.6 Å². The molecular weight excluding hydrogens is 729 g/mol. The minimum absolute atomic E-state index is 0.237. The van der Waals surface area contributed by atoms with E-state index in [1.165, 1.54) is 122 Å². The number of hydrogen-bond acceptors (Lipinski definition) is 2. The molecule has 4 heterocycles. The molecule has 4 aliphatic rings. The van der Waals surface area contributed by atoms with Crippen LogP contribution in [0.1, 0.15) is 92.3 Å². The van der Waals surface area contributed by atoms with Crippen molar-refractivity contribution in [1.29, 1.82) is 0 Å². The number of aryl methyl sites for hydroxylation is 9. The third kappa shape index (κ3) is 5.35. The van der Waals surface area contributed by atoms with E-state index in [2.05, 4.69) is 153 Å². The zero-order valence-corrected chi connectivity index (χ0v) is 35.6. The molecule has 12 rings (SSSR count). The standard InChI is InChI=1S/C56H50N4/c1-31-19-32(2)22-41(21-31)37-9-13-51-47(27-37)49-29-39-7-12-46-54-40(8-11-45(53(39)54)55(49)59(51)43-15-17-57-35(5)25-43)30-50-48-28-38(42-23-33(3)20-34(4)24-42)10-14-52(48)60(56(46)50)44-16-18-58-36(6)26-44/h9-10,13-25,27,29-30,38,44H,7-8,11-12,26,28H2,1-6H3. The van der Waals surface area contributed by atoms with E-state index in [-0.39, 0.29) is 6.04 Å². The van der Waals surface area contributed by atoms with Gasteiger partial charge >= 0.3 is 0 Å². The van der Waals surface area contributed by atoms with Crippen LogP contribution in [0.2, 0.25) is 0 Å². The first kappa shape index (κ1) is 35.7. The summed E-state index contributed by atoms with van der Waals surface area (Å²) in [6, 6.07) is 31.1. The first-order valence-electron chi connectivity index (χ1n) is 22.0. The number of aromatic nitrogens is 3. The molecule has 3 aromatic heterocycles. The van der Waals surface area contributed by atoms with Crippen molar-refractivity contribution < 1.29 is 0 Å². The fourth-order valence-electron chi connectivity index (χ4n) is 11.9. The summed E-state index contributed by atoms with van der Waals surface area (Å²) in [5.74, 6) is 0.363. The van der Waals surface area contributed by atoms with Crippen LogP contribution in [0.15, 0.2) is 108 Å². The fourth-order valence-corrected chi connectivity index (χ4v) is 11.9. The minimum Gasteiger partial charge on any atom is -0.333 e. The van der Waals surface area contributed by atoms with Gasteiger partial charge in [0.05, 0.1) is 22.6 Å². The summed E-state index contributed by atoms with van der Waals surface area (Å²) in [5.41, 5.74) is 28.8. The summed E-state index contributed by atoms with van der Waals surface area (Å²) < 4.78 is 5.29. The van der Waals surface area contributed by atoms with Gasteiger partial charge in [-0.1, -0.05) is 70.8 Å². The highest BCUT2D eigenvalue weighted by Crippen LogP contribution is 2.52. The molecule has 2 atom stereocenters. The number of benzene rings is 5. The van der Waals surface area contributed by atoms with Crippen LogP contribution in [0.25, 0.3) is 66.7 Å². The number of fused-ring (bicyclic) bond motifs is 8. The Morgan fingerprint density at radius 3 is 2.00 bits per heavy atom. The van der Waals surface area contributed by atoms with Crippen LogP contribution in [0.5, 0.6) is 0 Å². The van der Waals surface area contributed by atoms with Crippen molar-refractivity contribution >= 4 is 44.5 Å². The third-order valence-corrected chi connectivity index (χ3v) is 14.1. The normalized spacial score (nSPS) is 17.7. The van der Waals surface area contributed by atoms with Crippen molar-refractivity contribution in [3.63, 3.8) is 0 Å². The molecule has 8 aromatic rings. The highest BCUT2D eigenvalue weighted by Gasteiger charge is 2.35. The molecule has 0 N–H and O–H groups in total. The highest BCUT2D eigenvalue weighted by atomic mass is 15.0. The third-order valence-electron chi connectivity index (χ3n) is 14.1. The van der Waals surface area contributed by atoms with Crippen LogP contribution in [-0.4, -0.2) is 19.8 Å². The quantitative estimate of drug-likeness (QED) is 0.175. The second-order valence-corrected chi connectivity index (χ2v) is 18.5. The molecule has 0 saturated heterocycles. The van der Waals surface area contributed by atoms with Crippen molar-refractivity contribution in [3.05, 3.63) is 170 Å². The number of allylic oxidation sites excluding steroid dienone is 2. The molecule has 0 fully saturated rings. The average Bonchev–Trinajstić information content (AvgIpc) is 3.74. The van der Waals surface area contributed by atoms with E-state index in [1.807, 2.05) is 12.4 Å². The maximum absolute atomic E-state index is 4.72. The zero-order chi connectivity index (χ0) is 40.6. The molecule has 0 bridgehead atoms. The lowest BCUT2D eigenvalue weighted by molar-refractivity contribution is 0.628. The van der Waals surface area contributed by atoms with Crippen molar-refractivity contribution in [2.75, 3.05) is 0 Å². The van der Waals surface area contributed by atoms with Crippen LogP contribution in [0.4, 0.5) is 0 Å². The lowest BCUT2D eigenvalue weighted by atomic mass is 9.73. The second-order valence-electron chi connectivity index (χ2n) is 18.5. The number of hydrogen-bond donors (Lipinski definition) is 0. The highest BCUT2D eigenvalue weighted by molar-refractivity contribution is 6.14. The maximum atomic E-state index is 4.72. The molecular formula is C56H50N4. The molecule has 294 valence electrons. The van der Waals surface area contributed by atoms with E-state index in [0.717, 1.165) is 44.2 Å². The molecule has 3 aliphatic carbocycles. The Morgan fingerprint density at radius 2 is 1.28 bits per heavy atom. The molecule has 0 amide bonds. The Morgan fingerprint density at radius 1 is 0.583 bits per heavy atom. The zero-order valence-electron chi connectivity index (χ0n) is 35.6. The van der Waals surface area contributed by atoms with Crippen molar-refractivity contribution in [1.82, 2.24) is 14.1 Å². The van der Waals surface area contributed by atoms with E-state index in [1.54, 1.807) is 5.56 Å². The van der Waals surface area contributed by atoms with E-state index < -0.39 is 0 Å². The molecule has 60 heavy (non-hydrogen) atoms. The summed E-state index contributed by atoms with van der Waals surface area (Å²) in [6.45, 7) is 13.2. The van der Waals surface area contributed by atoms with E-state index in [0.29, 0.717) is 5.92 Å². The lowest BCUT2D eigenvalue weighted by Gasteiger charge is -2.32. The Bertz CT molecular complexity index is 3250. The van der Waals surface area contributed by atoms with Crippen molar-refractivity contribution in [3.8, 4) is 27.9 Å². The van der Waals surface area contributed by atoms with Crippen molar-refractivity contribution in [2.24, 2.45) is 4.99 Å². The van der Waals surface area contributed by atoms with Gasteiger partial charge in [-0.25, -0.2) is 0 Å². The smallest absolute Gasteiger partial charge is 0.0592 e. The molecule has 0 spiro atoms. The van der Waals surface area contributed by atoms with Crippen LogP contribution in [-0.2, 0) is 32.1 Å². The molecule has 4 nitrogen and oxygen atoms in total. The SMILES string of the molecule is CC1=NC=CC(n2c3c(c4cc5c6c(c42)CCc2cc4c7cc(-c8cc(C)cc(C)c8)ccc7n(-c7ccnc(C)c7)c4c(c2-6)CC5)CC(c2cc(C)cc(C)c2)C=C3)C1. The van der Waals surface area contributed by atoms with Gasteiger partial charge in [-0.2, -0.15) is 0 Å². The largest absolute Gasteiger partial charge is 0.333 e. The Kier molecular flexibility index (Phi) is 7.80. The van der Waals surface area contributed by atoms with Gasteiger partial charge in [0.25, 0.3) is 0 Å². The van der Waals surface area contributed by atoms with E-state index in [4.69, 9.17) is 4.99 Å². The first-order chi connectivity index (χ1) is 29.2. The van der Waals surface area contributed by atoms with Gasteiger partial charge in [0, 0.05) is 63.7 Å². The van der Waals surface area contributed by atoms with Gasteiger partial charge in [0.1, 0.15) is 0 Å². The second kappa shape index (κ2) is 13.1. The number of aliphatic imine (C=N–C) groups is 1. The predicted molar refractivity (Wildman–Crippen MR) is 251 cm³/mol. The summed E-state index contributed by atoms with van der Waals surface area (Å²) in [7, 11) is 0. The van der Waals surface area contributed by atoms with Crippen LogP contribution < -0.4 is 0 Å². The van der Waals surface area contributed by atoms with Crippen molar-refractivity contribution in [2.45, 2.75) is 92.0 Å². The van der Waals surface area contributed by atoms with Crippen LogP contribution >= 0.6 is 0 Å². The topological polar surface area (TPSA) is 35.1 Å². The number of pyridine rings is 1. The van der Waals surface area contributed by atoms with E-state index in [9.17, 15) is 0 Å². The van der Waals surface area contributed by atoms with Gasteiger partial charge in [-0.15, -0.1) is 0 Å². The number of rotatable bonds is 4. The maximum Gasteiger partial charge on any atom is 0.0592 e. The average molecular weight is 779 g/mol. The van der Waals surface area contributed by atoms with Gasteiger partial charge in [-0.3, -0.25) is 9.98 Å². The van der Waals surface area contributed by atoms with Gasteiger partial charge in [0.2, 0.25) is 0 Å². The minimum atomic E-state index is 0.237. The van der Waals surface area contributed by atoms with Gasteiger partial charge in [-0.05, 0) is 178 Å². The summed E-state index contributed by atoms with van der Waals surface area (Å²) in [4.78, 5) is 9.35. The summed E-state index contributed by atoms with van der Waals surface area (Å²) in [5, 5.41) is 4.17. The Balaban J connectivity index is 1.12. The van der Waals surface area contributed by atoms with E-state index >= 15 is 0 Å². The summed E-state index contributed by atoms with van der Waals surface area (Å²) >= 11 is 0. The molecule has 5 aromatic carbocycles. The van der Waals surface area contributed by atoms with Gasteiger partial charge in [0.15, 0.2) is 0 Å². The molecule has 0 saturated carbocycles. The Hall–Kier alpha value is -6.26. The predicted octanol–water partition coefficient (Wildman–Crippen LogP) is 13.5. The molecule has 2 unspecified atom stereocenters. The summed E-state index contributed by atoms with van der Waals surface area (Å²) in [6.07, 6.45) is 17.4. The molecule has 0 radical (unpaired) electrons. The van der Waals surface area contributed by atoms with Gasteiger partial charge < -0.3 is 9.13 Å². The lowest BCUT2D eigenvalue weighted by Crippen LogP contribution is -2.19. The fraction of sp³-hybridized carbons (Fsp3) is 0.250. The monoisotopic (exact) mass is 778 g/mol. The Labute approximate surface area is 352 Å². The van der Waals surface area contributed by atoms with Crippen LogP contribution in [0.3, 0.4) is 0 Å². The molecule has 4 heteroatoms.